The predicted molar refractivity (Wildman–Crippen MR) is 104 cm³/mol. The van der Waals surface area contributed by atoms with Crippen molar-refractivity contribution in [2.24, 2.45) is 0 Å². The van der Waals surface area contributed by atoms with Crippen LogP contribution in [0.2, 0.25) is 0 Å². The molecule has 2 rings (SSSR count). The zero-order chi connectivity index (χ0) is 18.5. The molecule has 1 heterocycles. The summed E-state index contributed by atoms with van der Waals surface area (Å²) in [5, 5.41) is 0.339. The van der Waals surface area contributed by atoms with Crippen LogP contribution in [0.5, 0.6) is 0 Å². The second-order valence-corrected chi connectivity index (χ2v) is 8.45. The summed E-state index contributed by atoms with van der Waals surface area (Å²) in [6.45, 7) is 4.74. The Morgan fingerprint density at radius 2 is 1.54 bits per heavy atom. The Hall–Kier alpha value is -1.07. The standard InChI is InChI=1S/C8H12N2O2S.C7H7IO2S/c1-3-9-6(11)5-7(12)10(4-2)8(9)13;1-11(9,10)7-5-3-2-4-6(7)8/h3-5H2,1-2H3;2-5H,1H3. The molecule has 2 amide bonds. The summed E-state index contributed by atoms with van der Waals surface area (Å²) in [5.41, 5.74) is 0. The molecular formula is C15H19IN2O4S2. The first-order valence-corrected chi connectivity index (χ1v) is 10.6. The summed E-state index contributed by atoms with van der Waals surface area (Å²) in [5.74, 6) is -0.385. The lowest BCUT2D eigenvalue weighted by Crippen LogP contribution is -2.54. The SMILES string of the molecule is CCN1C(=O)CC(=O)N(CC)C1=S.CS(=O)(=O)c1ccccc1I. The van der Waals surface area contributed by atoms with Crippen molar-refractivity contribution in [3.05, 3.63) is 27.8 Å². The molecule has 1 aromatic rings. The van der Waals surface area contributed by atoms with E-state index in [1.807, 2.05) is 42.5 Å². The van der Waals surface area contributed by atoms with Gasteiger partial charge < -0.3 is 0 Å². The molecule has 1 saturated heterocycles. The Morgan fingerprint density at radius 1 is 1.08 bits per heavy atom. The third kappa shape index (κ3) is 5.21. The van der Waals surface area contributed by atoms with E-state index < -0.39 is 9.84 Å². The molecule has 1 aliphatic heterocycles. The molecule has 0 unspecified atom stereocenters. The van der Waals surface area contributed by atoms with E-state index in [1.54, 1.807) is 18.2 Å². The van der Waals surface area contributed by atoms with Crippen LogP contribution in [0.15, 0.2) is 29.2 Å². The van der Waals surface area contributed by atoms with E-state index in [4.69, 9.17) is 12.2 Å². The Balaban J connectivity index is 0.000000243. The van der Waals surface area contributed by atoms with Crippen molar-refractivity contribution < 1.29 is 18.0 Å². The number of halogens is 1. The highest BCUT2D eigenvalue weighted by Crippen LogP contribution is 2.16. The van der Waals surface area contributed by atoms with Gasteiger partial charge in [-0.05, 0) is 60.8 Å². The van der Waals surface area contributed by atoms with Gasteiger partial charge in [-0.15, -0.1) is 0 Å². The van der Waals surface area contributed by atoms with Crippen molar-refractivity contribution in [1.29, 1.82) is 0 Å². The minimum Gasteiger partial charge on any atom is -0.289 e. The normalized spacial score (nSPS) is 15.2. The topological polar surface area (TPSA) is 74.8 Å². The maximum atomic E-state index is 11.3. The van der Waals surface area contributed by atoms with Crippen LogP contribution in [-0.2, 0) is 19.4 Å². The predicted octanol–water partition coefficient (Wildman–Crippen LogP) is 2.07. The number of thiocarbonyl (C=S) groups is 1. The van der Waals surface area contributed by atoms with E-state index in [0.717, 1.165) is 3.57 Å². The summed E-state index contributed by atoms with van der Waals surface area (Å²) in [4.78, 5) is 25.9. The molecule has 0 aromatic heterocycles. The highest BCUT2D eigenvalue weighted by atomic mass is 127. The Labute approximate surface area is 161 Å². The number of benzene rings is 1. The molecule has 0 radical (unpaired) electrons. The fourth-order valence-electron chi connectivity index (χ4n) is 2.05. The van der Waals surface area contributed by atoms with Gasteiger partial charge in [0.25, 0.3) is 0 Å². The van der Waals surface area contributed by atoms with E-state index in [1.165, 1.54) is 16.1 Å². The van der Waals surface area contributed by atoms with Gasteiger partial charge in [-0.1, -0.05) is 12.1 Å². The van der Waals surface area contributed by atoms with Crippen LogP contribution >= 0.6 is 34.8 Å². The molecule has 1 aromatic carbocycles. The molecule has 0 atom stereocenters. The van der Waals surface area contributed by atoms with Crippen molar-refractivity contribution in [1.82, 2.24) is 9.80 Å². The van der Waals surface area contributed by atoms with Crippen LogP contribution in [0.1, 0.15) is 20.3 Å². The van der Waals surface area contributed by atoms with Gasteiger partial charge in [0.15, 0.2) is 14.9 Å². The molecule has 9 heteroatoms. The zero-order valence-corrected chi connectivity index (χ0v) is 17.4. The highest BCUT2D eigenvalue weighted by molar-refractivity contribution is 14.1. The van der Waals surface area contributed by atoms with Gasteiger partial charge in [0.05, 0.1) is 4.90 Å². The van der Waals surface area contributed by atoms with Gasteiger partial charge in [-0.3, -0.25) is 19.4 Å². The van der Waals surface area contributed by atoms with Crippen LogP contribution in [0, 0.1) is 3.57 Å². The Kier molecular flexibility index (Phi) is 7.74. The van der Waals surface area contributed by atoms with E-state index >= 15 is 0 Å². The minimum absolute atomic E-state index is 0.0538. The summed E-state index contributed by atoms with van der Waals surface area (Å²) in [6.07, 6.45) is 1.16. The van der Waals surface area contributed by atoms with Crippen LogP contribution in [0.25, 0.3) is 0 Å². The van der Waals surface area contributed by atoms with Crippen LogP contribution in [-0.4, -0.2) is 54.5 Å². The first-order valence-electron chi connectivity index (χ1n) is 7.22. The Morgan fingerprint density at radius 3 is 1.88 bits per heavy atom. The fourth-order valence-corrected chi connectivity index (χ4v) is 4.85. The maximum absolute atomic E-state index is 11.3. The quantitative estimate of drug-likeness (QED) is 0.375. The number of carbonyl (C=O) groups is 2. The van der Waals surface area contributed by atoms with Crippen molar-refractivity contribution in [2.45, 2.75) is 25.2 Å². The first-order chi connectivity index (χ1) is 11.1. The average molecular weight is 482 g/mol. The minimum atomic E-state index is -3.04. The third-order valence-corrected chi connectivity index (χ3v) is 6.14. The summed E-state index contributed by atoms with van der Waals surface area (Å²) >= 11 is 7.02. The maximum Gasteiger partial charge on any atom is 0.238 e. The molecule has 1 aliphatic rings. The van der Waals surface area contributed by atoms with Gasteiger partial charge in [0.1, 0.15) is 6.42 Å². The molecular weight excluding hydrogens is 463 g/mol. The summed E-state index contributed by atoms with van der Waals surface area (Å²) in [7, 11) is -3.04. The number of rotatable bonds is 3. The van der Waals surface area contributed by atoms with Gasteiger partial charge in [0.2, 0.25) is 11.8 Å². The van der Waals surface area contributed by atoms with E-state index in [0.29, 0.717) is 23.1 Å². The van der Waals surface area contributed by atoms with Gasteiger partial charge in [-0.25, -0.2) is 8.42 Å². The number of amides is 2. The second kappa shape index (κ2) is 8.86. The number of hydrogen-bond donors (Lipinski definition) is 0. The number of hydrogen-bond acceptors (Lipinski definition) is 5. The fraction of sp³-hybridized carbons (Fsp3) is 0.400. The monoisotopic (exact) mass is 482 g/mol. The molecule has 0 bridgehead atoms. The van der Waals surface area contributed by atoms with E-state index in [9.17, 15) is 18.0 Å². The molecule has 132 valence electrons. The summed E-state index contributed by atoms with van der Waals surface area (Å²) < 4.78 is 22.9. The number of sulfone groups is 1. The lowest BCUT2D eigenvalue weighted by molar-refractivity contribution is -0.140. The van der Waals surface area contributed by atoms with Gasteiger partial charge >= 0.3 is 0 Å². The number of nitrogens with zero attached hydrogens (tertiary/aromatic N) is 2. The Bertz CT molecular complexity index is 726. The number of carbonyl (C=O) groups excluding carboxylic acids is 2. The highest BCUT2D eigenvalue weighted by Gasteiger charge is 2.32. The first kappa shape index (κ1) is 21.0. The van der Waals surface area contributed by atoms with Crippen LogP contribution < -0.4 is 0 Å². The average Bonchev–Trinajstić information content (AvgIpc) is 2.47. The lowest BCUT2D eigenvalue weighted by Gasteiger charge is -2.34. The molecule has 0 N–H and O–H groups in total. The van der Waals surface area contributed by atoms with Gasteiger partial charge in [-0.2, -0.15) is 0 Å². The van der Waals surface area contributed by atoms with E-state index in [-0.39, 0.29) is 18.2 Å². The molecule has 6 nitrogen and oxygen atoms in total. The second-order valence-electron chi connectivity index (χ2n) is 4.94. The zero-order valence-electron chi connectivity index (χ0n) is 13.7. The van der Waals surface area contributed by atoms with Crippen molar-refractivity contribution in [3.63, 3.8) is 0 Å². The smallest absolute Gasteiger partial charge is 0.238 e. The lowest BCUT2D eigenvalue weighted by atomic mass is 10.2. The van der Waals surface area contributed by atoms with Crippen molar-refractivity contribution in [3.8, 4) is 0 Å². The van der Waals surface area contributed by atoms with Crippen molar-refractivity contribution >= 4 is 61.6 Å². The van der Waals surface area contributed by atoms with Crippen LogP contribution in [0.4, 0.5) is 0 Å². The molecule has 0 spiro atoms. The molecule has 1 fully saturated rings. The van der Waals surface area contributed by atoms with Crippen LogP contribution in [0.3, 0.4) is 0 Å². The van der Waals surface area contributed by atoms with Gasteiger partial charge in [0, 0.05) is 22.9 Å². The largest absolute Gasteiger partial charge is 0.289 e. The molecule has 0 aliphatic carbocycles. The molecule has 24 heavy (non-hydrogen) atoms. The summed E-state index contributed by atoms with van der Waals surface area (Å²) in [6, 6.07) is 6.92. The third-order valence-electron chi connectivity index (χ3n) is 3.23. The molecule has 0 saturated carbocycles. The van der Waals surface area contributed by atoms with E-state index in [2.05, 4.69) is 0 Å². The van der Waals surface area contributed by atoms with Crippen molar-refractivity contribution in [2.75, 3.05) is 19.3 Å².